The largest absolute Gasteiger partial charge is 0.481 e. The Morgan fingerprint density at radius 3 is 2.31 bits per heavy atom. The van der Waals surface area contributed by atoms with Crippen molar-refractivity contribution in [2.45, 2.75) is 52.1 Å². The molecule has 10 nitrogen and oxygen atoms in total. The van der Waals surface area contributed by atoms with Crippen LogP contribution < -0.4 is 21.3 Å². The van der Waals surface area contributed by atoms with Crippen molar-refractivity contribution in [1.29, 1.82) is 0 Å². The maximum Gasteiger partial charge on any atom is 0.305 e. The predicted molar refractivity (Wildman–Crippen MR) is 175 cm³/mol. The van der Waals surface area contributed by atoms with Crippen LogP contribution in [0.15, 0.2) is 79.0 Å². The molecule has 0 saturated heterocycles. The van der Waals surface area contributed by atoms with Gasteiger partial charge in [-0.1, -0.05) is 60.7 Å². The van der Waals surface area contributed by atoms with Crippen molar-refractivity contribution < 1.29 is 24.3 Å². The summed E-state index contributed by atoms with van der Waals surface area (Å²) in [5.74, 6) is -1.76. The van der Waals surface area contributed by atoms with Gasteiger partial charge >= 0.3 is 5.97 Å². The van der Waals surface area contributed by atoms with Crippen LogP contribution in [0.2, 0.25) is 0 Å². The summed E-state index contributed by atoms with van der Waals surface area (Å²) in [6.07, 6.45) is 2.29. The molecule has 0 radical (unpaired) electrons. The fraction of sp³-hybridized carbons (Fsp3) is 0.286. The average Bonchev–Trinajstić information content (AvgIpc) is 3.01. The molecule has 0 aliphatic rings. The molecule has 0 aliphatic carbocycles. The number of hydrogen-bond acceptors (Lipinski definition) is 6. The van der Waals surface area contributed by atoms with Crippen molar-refractivity contribution >= 4 is 40.3 Å². The van der Waals surface area contributed by atoms with Crippen LogP contribution in [-0.4, -0.2) is 52.9 Å². The normalized spacial score (nSPS) is 12.2. The molecule has 10 heteroatoms. The van der Waals surface area contributed by atoms with Crippen molar-refractivity contribution in [3.8, 4) is 11.1 Å². The second-order valence-corrected chi connectivity index (χ2v) is 11.1. The Balaban J connectivity index is 1.35. The zero-order valence-corrected chi connectivity index (χ0v) is 25.7. The third kappa shape index (κ3) is 9.37. The van der Waals surface area contributed by atoms with Gasteiger partial charge in [-0.3, -0.25) is 19.2 Å². The Morgan fingerprint density at radius 1 is 0.889 bits per heavy atom. The zero-order chi connectivity index (χ0) is 32.3. The molecule has 1 heterocycles. The van der Waals surface area contributed by atoms with E-state index in [0.717, 1.165) is 33.3 Å². The minimum atomic E-state index is -1.07. The molecule has 2 atom stereocenters. The Bertz CT molecular complexity index is 1670. The summed E-state index contributed by atoms with van der Waals surface area (Å²) in [4.78, 5) is 53.4. The van der Waals surface area contributed by atoms with Gasteiger partial charge in [0.1, 0.15) is 11.9 Å². The van der Waals surface area contributed by atoms with E-state index < -0.39 is 29.9 Å². The Morgan fingerprint density at radius 2 is 1.62 bits per heavy atom. The van der Waals surface area contributed by atoms with Crippen LogP contribution >= 0.6 is 0 Å². The number of anilines is 1. The lowest BCUT2D eigenvalue weighted by Gasteiger charge is -2.20. The summed E-state index contributed by atoms with van der Waals surface area (Å²) in [6.45, 7) is 5.53. The first-order valence-corrected chi connectivity index (χ1v) is 14.9. The molecule has 4 rings (SSSR count). The smallest absolute Gasteiger partial charge is 0.305 e. The maximum absolute atomic E-state index is 12.9. The van der Waals surface area contributed by atoms with Crippen LogP contribution in [0.1, 0.15) is 48.9 Å². The second kappa shape index (κ2) is 15.5. The fourth-order valence-corrected chi connectivity index (χ4v) is 5.23. The lowest BCUT2D eigenvalue weighted by Crippen LogP contribution is -2.49. The number of carbonyl (C=O) groups is 4. The standard InChI is InChI=1S/C35H39N5O5/c1-22-16-18-37-32(19-22)36-17-6-9-30(39-24(3)41)35(45)38-21-33(42)40-31(20-34(43)44)26-13-11-25(12-14-26)28-15-10-23(2)27-7-4-5-8-29(27)28/h4-5,7-8,10-16,18-19,30-31H,6,9,17,20-21H2,1-3H3,(H,36,37)(H,38,45)(H,39,41)(H,40,42)(H,43,44). The molecule has 0 bridgehead atoms. The molecular weight excluding hydrogens is 570 g/mol. The van der Waals surface area contributed by atoms with Gasteiger partial charge in [-0.2, -0.15) is 0 Å². The van der Waals surface area contributed by atoms with Crippen LogP contribution in [0.25, 0.3) is 21.9 Å². The first kappa shape index (κ1) is 32.7. The number of carboxylic acids is 1. The summed E-state index contributed by atoms with van der Waals surface area (Å²) < 4.78 is 0. The highest BCUT2D eigenvalue weighted by Gasteiger charge is 2.22. The summed E-state index contributed by atoms with van der Waals surface area (Å²) in [5, 5.41) is 22.9. The number of pyridine rings is 1. The highest BCUT2D eigenvalue weighted by Crippen LogP contribution is 2.31. The molecule has 0 fully saturated rings. The minimum absolute atomic E-state index is 0.330. The Labute approximate surface area is 262 Å². The van der Waals surface area contributed by atoms with Crippen molar-refractivity contribution in [1.82, 2.24) is 20.9 Å². The van der Waals surface area contributed by atoms with E-state index in [1.807, 2.05) is 55.5 Å². The minimum Gasteiger partial charge on any atom is -0.481 e. The van der Waals surface area contributed by atoms with Crippen LogP contribution in [0.3, 0.4) is 0 Å². The number of amides is 3. The lowest BCUT2D eigenvalue weighted by molar-refractivity contribution is -0.138. The van der Waals surface area contributed by atoms with Gasteiger partial charge in [0.15, 0.2) is 0 Å². The number of nitrogens with zero attached hydrogens (tertiary/aromatic N) is 1. The molecule has 5 N–H and O–H groups in total. The first-order valence-electron chi connectivity index (χ1n) is 14.9. The molecule has 0 spiro atoms. The molecule has 4 aromatic rings. The van der Waals surface area contributed by atoms with Gasteiger partial charge < -0.3 is 26.4 Å². The van der Waals surface area contributed by atoms with E-state index in [-0.39, 0.29) is 18.9 Å². The highest BCUT2D eigenvalue weighted by atomic mass is 16.4. The zero-order valence-electron chi connectivity index (χ0n) is 25.7. The number of nitrogens with one attached hydrogen (secondary N) is 4. The number of fused-ring (bicyclic) bond motifs is 1. The lowest BCUT2D eigenvalue weighted by atomic mass is 9.94. The van der Waals surface area contributed by atoms with Gasteiger partial charge in [0.05, 0.1) is 19.0 Å². The summed E-state index contributed by atoms with van der Waals surface area (Å²) in [7, 11) is 0. The van der Waals surface area contributed by atoms with E-state index in [1.54, 1.807) is 6.20 Å². The second-order valence-electron chi connectivity index (χ2n) is 11.1. The summed E-state index contributed by atoms with van der Waals surface area (Å²) >= 11 is 0. The number of hydrogen-bond donors (Lipinski definition) is 5. The number of rotatable bonds is 14. The van der Waals surface area contributed by atoms with Crippen molar-refractivity contribution in [2.24, 2.45) is 0 Å². The number of aliphatic carboxylic acids is 1. The Kier molecular flexibility index (Phi) is 11.2. The van der Waals surface area contributed by atoms with Crippen molar-refractivity contribution in [3.05, 3.63) is 95.7 Å². The van der Waals surface area contributed by atoms with E-state index in [0.29, 0.717) is 24.9 Å². The average molecular weight is 610 g/mol. The van der Waals surface area contributed by atoms with E-state index in [9.17, 15) is 24.3 Å². The van der Waals surface area contributed by atoms with Crippen LogP contribution in [0.4, 0.5) is 5.82 Å². The van der Waals surface area contributed by atoms with Crippen molar-refractivity contribution in [2.75, 3.05) is 18.4 Å². The van der Waals surface area contributed by atoms with E-state index >= 15 is 0 Å². The summed E-state index contributed by atoms with van der Waals surface area (Å²) in [5.41, 5.74) is 4.90. The molecule has 3 aromatic carbocycles. The van der Waals surface area contributed by atoms with Gasteiger partial charge in [0, 0.05) is 19.7 Å². The molecule has 45 heavy (non-hydrogen) atoms. The predicted octanol–water partition coefficient (Wildman–Crippen LogP) is 4.66. The third-order valence-electron chi connectivity index (χ3n) is 7.49. The Hall–Kier alpha value is -5.25. The number of carboxylic acid groups (broad SMARTS) is 1. The molecule has 234 valence electrons. The summed E-state index contributed by atoms with van der Waals surface area (Å²) in [6, 6.07) is 21.9. The number of aromatic nitrogens is 1. The van der Waals surface area contributed by atoms with E-state index in [4.69, 9.17) is 0 Å². The molecule has 1 aromatic heterocycles. The first-order chi connectivity index (χ1) is 21.6. The van der Waals surface area contributed by atoms with Gasteiger partial charge in [-0.05, 0) is 77.4 Å². The monoisotopic (exact) mass is 609 g/mol. The van der Waals surface area contributed by atoms with Crippen LogP contribution in [0.5, 0.6) is 0 Å². The molecule has 0 saturated carbocycles. The highest BCUT2D eigenvalue weighted by molar-refractivity contribution is 5.98. The van der Waals surface area contributed by atoms with E-state index in [1.165, 1.54) is 12.5 Å². The van der Waals surface area contributed by atoms with Crippen LogP contribution in [-0.2, 0) is 19.2 Å². The van der Waals surface area contributed by atoms with Crippen LogP contribution in [0, 0.1) is 13.8 Å². The molecule has 0 aliphatic heterocycles. The number of benzene rings is 3. The number of aryl methyl sites for hydroxylation is 2. The topological polar surface area (TPSA) is 150 Å². The fourth-order valence-electron chi connectivity index (χ4n) is 5.23. The van der Waals surface area contributed by atoms with Gasteiger partial charge in [0.2, 0.25) is 17.7 Å². The quantitative estimate of drug-likeness (QED) is 0.131. The SMILES string of the molecule is CC(=O)NC(CCCNc1cc(C)ccn1)C(=O)NCC(=O)NC(CC(=O)O)c1ccc(-c2ccc(C)c3ccccc23)cc1. The molecule has 3 amide bonds. The van der Waals surface area contributed by atoms with Gasteiger partial charge in [-0.25, -0.2) is 4.98 Å². The van der Waals surface area contributed by atoms with Gasteiger partial charge in [-0.15, -0.1) is 0 Å². The van der Waals surface area contributed by atoms with Gasteiger partial charge in [0.25, 0.3) is 0 Å². The third-order valence-corrected chi connectivity index (χ3v) is 7.49. The van der Waals surface area contributed by atoms with Crippen molar-refractivity contribution in [3.63, 3.8) is 0 Å². The van der Waals surface area contributed by atoms with E-state index in [2.05, 4.69) is 57.4 Å². The molecule has 2 unspecified atom stereocenters. The number of carbonyl (C=O) groups excluding carboxylic acids is 3. The maximum atomic E-state index is 12.9. The molecular formula is C35H39N5O5.